The summed E-state index contributed by atoms with van der Waals surface area (Å²) in [4.78, 5) is 0. The molecule has 2 atom stereocenters. The van der Waals surface area contributed by atoms with E-state index in [-0.39, 0.29) is 12.1 Å². The Labute approximate surface area is 133 Å². The van der Waals surface area contributed by atoms with Crippen LogP contribution in [0, 0.1) is 0 Å². The van der Waals surface area contributed by atoms with Crippen LogP contribution >= 0.6 is 27.5 Å². The van der Waals surface area contributed by atoms with Crippen molar-refractivity contribution >= 4 is 27.5 Å². The average molecular weight is 355 g/mol. The summed E-state index contributed by atoms with van der Waals surface area (Å²) in [6.07, 6.45) is -0.147. The highest BCUT2D eigenvalue weighted by atomic mass is 79.9. The summed E-state index contributed by atoms with van der Waals surface area (Å²) in [7, 11) is 0. The van der Waals surface area contributed by atoms with Gasteiger partial charge in [-0.1, -0.05) is 51.8 Å². The lowest BCUT2D eigenvalue weighted by Crippen LogP contribution is -2.26. The molecule has 2 aromatic carbocycles. The number of halogens is 2. The maximum atomic E-state index is 6.03. The molecule has 2 N–H and O–H groups in total. The van der Waals surface area contributed by atoms with Crippen molar-refractivity contribution in [1.82, 2.24) is 0 Å². The van der Waals surface area contributed by atoms with E-state index in [0.717, 1.165) is 15.6 Å². The highest BCUT2D eigenvalue weighted by molar-refractivity contribution is 9.10. The molecule has 2 unspecified atom stereocenters. The molecule has 0 amide bonds. The van der Waals surface area contributed by atoms with Gasteiger partial charge in [0.1, 0.15) is 0 Å². The van der Waals surface area contributed by atoms with E-state index in [1.807, 2.05) is 55.5 Å². The molecule has 0 aliphatic heterocycles. The van der Waals surface area contributed by atoms with E-state index in [1.54, 1.807) is 0 Å². The van der Waals surface area contributed by atoms with Crippen molar-refractivity contribution in [2.45, 2.75) is 25.7 Å². The minimum atomic E-state index is -0.147. The van der Waals surface area contributed by atoms with E-state index in [9.17, 15) is 0 Å². The second kappa shape index (κ2) is 7.23. The van der Waals surface area contributed by atoms with E-state index < -0.39 is 0 Å². The first-order chi connectivity index (χ1) is 9.56. The van der Waals surface area contributed by atoms with Crippen LogP contribution in [0.5, 0.6) is 0 Å². The summed E-state index contributed by atoms with van der Waals surface area (Å²) < 4.78 is 7.03. The molecule has 0 saturated heterocycles. The van der Waals surface area contributed by atoms with Crippen LogP contribution in [0.25, 0.3) is 0 Å². The highest BCUT2D eigenvalue weighted by Gasteiger charge is 2.17. The summed E-state index contributed by atoms with van der Waals surface area (Å²) in [5.41, 5.74) is 8.18. The van der Waals surface area contributed by atoms with Crippen molar-refractivity contribution in [1.29, 1.82) is 0 Å². The first kappa shape index (κ1) is 15.5. The lowest BCUT2D eigenvalue weighted by Gasteiger charge is -2.22. The summed E-state index contributed by atoms with van der Waals surface area (Å²) in [6, 6.07) is 15.6. The average Bonchev–Trinajstić information content (AvgIpc) is 2.41. The molecule has 2 rings (SSSR count). The van der Waals surface area contributed by atoms with Crippen LogP contribution in [-0.4, -0.2) is 6.04 Å². The van der Waals surface area contributed by atoms with E-state index in [1.165, 1.54) is 0 Å². The zero-order valence-corrected chi connectivity index (χ0v) is 13.6. The van der Waals surface area contributed by atoms with Gasteiger partial charge in [0.05, 0.1) is 12.7 Å². The lowest BCUT2D eigenvalue weighted by molar-refractivity contribution is 0.0259. The Hall–Kier alpha value is -0.870. The monoisotopic (exact) mass is 353 g/mol. The fraction of sp³-hybridized carbons (Fsp3) is 0.250. The molecule has 0 aliphatic carbocycles. The van der Waals surface area contributed by atoms with Gasteiger partial charge < -0.3 is 10.5 Å². The first-order valence-corrected chi connectivity index (χ1v) is 7.60. The van der Waals surface area contributed by atoms with E-state index in [2.05, 4.69) is 15.9 Å². The molecule has 106 valence electrons. The fourth-order valence-electron chi connectivity index (χ4n) is 2.02. The van der Waals surface area contributed by atoms with Gasteiger partial charge in [0.25, 0.3) is 0 Å². The topological polar surface area (TPSA) is 35.2 Å². The molecule has 0 aliphatic rings. The van der Waals surface area contributed by atoms with Gasteiger partial charge >= 0.3 is 0 Å². The lowest BCUT2D eigenvalue weighted by atomic mass is 10.0. The number of hydrogen-bond donors (Lipinski definition) is 1. The van der Waals surface area contributed by atoms with Crippen molar-refractivity contribution in [3.63, 3.8) is 0 Å². The maximum Gasteiger partial charge on any atom is 0.0977 e. The smallest absolute Gasteiger partial charge is 0.0977 e. The van der Waals surface area contributed by atoms with Crippen LogP contribution in [0.15, 0.2) is 53.0 Å². The Balaban J connectivity index is 2.08. The van der Waals surface area contributed by atoms with Gasteiger partial charge in [-0.05, 0) is 42.3 Å². The normalized spacial score (nSPS) is 14.0. The number of nitrogens with two attached hydrogens (primary N) is 1. The van der Waals surface area contributed by atoms with Crippen LogP contribution in [-0.2, 0) is 11.3 Å². The Morgan fingerprint density at radius 1 is 1.20 bits per heavy atom. The molecular formula is C16H17BrClNO. The SMILES string of the molecule is CC(N)C(OCc1cccc(Br)c1)c1ccc(Cl)cc1. The summed E-state index contributed by atoms with van der Waals surface area (Å²) in [5.74, 6) is 0. The molecule has 2 nitrogen and oxygen atoms in total. The third-order valence-corrected chi connectivity index (χ3v) is 3.74. The van der Waals surface area contributed by atoms with Crippen LogP contribution in [0.2, 0.25) is 5.02 Å². The van der Waals surface area contributed by atoms with Gasteiger partial charge in [-0.3, -0.25) is 0 Å². The minimum Gasteiger partial charge on any atom is -0.367 e. The molecule has 0 spiro atoms. The molecule has 0 fully saturated rings. The van der Waals surface area contributed by atoms with Crippen LogP contribution in [0.1, 0.15) is 24.2 Å². The molecule has 0 radical (unpaired) electrons. The zero-order chi connectivity index (χ0) is 14.5. The van der Waals surface area contributed by atoms with Crippen LogP contribution in [0.4, 0.5) is 0 Å². The van der Waals surface area contributed by atoms with E-state index in [4.69, 9.17) is 22.1 Å². The van der Waals surface area contributed by atoms with Gasteiger partial charge in [-0.15, -0.1) is 0 Å². The summed E-state index contributed by atoms with van der Waals surface area (Å²) >= 11 is 9.37. The molecule has 0 bridgehead atoms. The van der Waals surface area contributed by atoms with Gasteiger partial charge in [0.15, 0.2) is 0 Å². The predicted molar refractivity (Wildman–Crippen MR) is 86.8 cm³/mol. The quantitative estimate of drug-likeness (QED) is 0.844. The third-order valence-electron chi connectivity index (χ3n) is 2.99. The molecule has 20 heavy (non-hydrogen) atoms. The minimum absolute atomic E-state index is 0.0941. The number of ether oxygens (including phenoxy) is 1. The Morgan fingerprint density at radius 3 is 2.50 bits per heavy atom. The van der Waals surface area contributed by atoms with E-state index >= 15 is 0 Å². The van der Waals surface area contributed by atoms with E-state index in [0.29, 0.717) is 11.6 Å². The molecule has 0 aromatic heterocycles. The van der Waals surface area contributed by atoms with Crippen molar-refractivity contribution < 1.29 is 4.74 Å². The Morgan fingerprint density at radius 2 is 1.90 bits per heavy atom. The molecule has 2 aromatic rings. The van der Waals surface area contributed by atoms with Gasteiger partial charge in [0.2, 0.25) is 0 Å². The molecular weight excluding hydrogens is 338 g/mol. The van der Waals surface area contributed by atoms with Crippen molar-refractivity contribution in [2.75, 3.05) is 0 Å². The first-order valence-electron chi connectivity index (χ1n) is 6.43. The number of hydrogen-bond acceptors (Lipinski definition) is 2. The second-order valence-electron chi connectivity index (χ2n) is 4.77. The molecule has 4 heteroatoms. The van der Waals surface area contributed by atoms with Gasteiger partial charge in [0, 0.05) is 15.5 Å². The Bertz CT molecular complexity index is 557. The largest absolute Gasteiger partial charge is 0.367 e. The maximum absolute atomic E-state index is 6.03. The zero-order valence-electron chi connectivity index (χ0n) is 11.2. The van der Waals surface area contributed by atoms with Crippen molar-refractivity contribution in [3.8, 4) is 0 Å². The van der Waals surface area contributed by atoms with Gasteiger partial charge in [-0.2, -0.15) is 0 Å². The number of rotatable bonds is 5. The fourth-order valence-corrected chi connectivity index (χ4v) is 2.59. The number of benzene rings is 2. The molecule has 0 saturated carbocycles. The Kier molecular flexibility index (Phi) is 5.61. The highest BCUT2D eigenvalue weighted by Crippen LogP contribution is 2.24. The van der Waals surface area contributed by atoms with Crippen molar-refractivity contribution in [3.05, 3.63) is 69.2 Å². The van der Waals surface area contributed by atoms with Gasteiger partial charge in [-0.25, -0.2) is 0 Å². The van der Waals surface area contributed by atoms with Crippen LogP contribution in [0.3, 0.4) is 0 Å². The van der Waals surface area contributed by atoms with Crippen LogP contribution < -0.4 is 5.73 Å². The second-order valence-corrected chi connectivity index (χ2v) is 6.12. The summed E-state index contributed by atoms with van der Waals surface area (Å²) in [6.45, 7) is 2.47. The third kappa shape index (κ3) is 4.32. The standard InChI is InChI=1S/C16H17BrClNO/c1-11(19)16(13-5-7-15(18)8-6-13)20-10-12-3-2-4-14(17)9-12/h2-9,11,16H,10,19H2,1H3. The summed E-state index contributed by atoms with van der Waals surface area (Å²) in [5, 5.41) is 0.712. The van der Waals surface area contributed by atoms with Crippen molar-refractivity contribution in [2.24, 2.45) is 5.73 Å². The predicted octanol–water partition coefficient (Wildman–Crippen LogP) is 4.71. The molecule has 0 heterocycles.